The van der Waals surface area contributed by atoms with Crippen molar-refractivity contribution in [3.63, 3.8) is 0 Å². The average Bonchev–Trinajstić information content (AvgIpc) is 2.88. The number of amides is 1. The molecule has 2 aromatic rings. The molecule has 2 rings (SSSR count). The summed E-state index contributed by atoms with van der Waals surface area (Å²) in [5, 5.41) is 16.5. The van der Waals surface area contributed by atoms with E-state index in [0.29, 0.717) is 12.0 Å². The summed E-state index contributed by atoms with van der Waals surface area (Å²) in [6.07, 6.45) is 3.62. The van der Waals surface area contributed by atoms with Crippen molar-refractivity contribution in [2.45, 2.75) is 45.7 Å². The summed E-state index contributed by atoms with van der Waals surface area (Å²) >= 11 is 0. The molecule has 0 bridgehead atoms. The molecule has 0 spiro atoms. The topological polar surface area (TPSA) is 97.1 Å². The van der Waals surface area contributed by atoms with Gasteiger partial charge in [0, 0.05) is 30.1 Å². The molecule has 0 aromatic carbocycles. The molecule has 22 heavy (non-hydrogen) atoms. The van der Waals surface area contributed by atoms with E-state index in [2.05, 4.69) is 15.4 Å². The van der Waals surface area contributed by atoms with Crippen LogP contribution in [0.3, 0.4) is 0 Å². The zero-order valence-electron chi connectivity index (χ0n) is 12.9. The van der Waals surface area contributed by atoms with Crippen LogP contribution in [0.2, 0.25) is 0 Å². The maximum Gasteiger partial charge on any atom is 0.303 e. The molecule has 7 nitrogen and oxygen atoms in total. The first-order valence-corrected chi connectivity index (χ1v) is 7.24. The summed E-state index contributed by atoms with van der Waals surface area (Å²) in [6, 6.07) is 1.73. The highest BCUT2D eigenvalue weighted by Crippen LogP contribution is 2.16. The van der Waals surface area contributed by atoms with Crippen molar-refractivity contribution in [1.82, 2.24) is 20.1 Å². The maximum absolute atomic E-state index is 12.2. The minimum absolute atomic E-state index is 0.0277. The van der Waals surface area contributed by atoms with Crippen LogP contribution in [0.5, 0.6) is 0 Å². The van der Waals surface area contributed by atoms with Gasteiger partial charge in [-0.1, -0.05) is 0 Å². The lowest BCUT2D eigenvalue weighted by molar-refractivity contribution is -0.137. The molecular formula is C15H20N4O3. The minimum Gasteiger partial charge on any atom is -0.481 e. The van der Waals surface area contributed by atoms with Gasteiger partial charge in [0.2, 0.25) is 0 Å². The first kappa shape index (κ1) is 15.9. The fourth-order valence-corrected chi connectivity index (χ4v) is 2.16. The molecule has 2 heterocycles. The number of carbonyl (C=O) groups is 2. The SMILES string of the molecule is CC(CCC(=O)O)NC(=O)c1cnc2c(cnn2C(C)C)c1. The fraction of sp³-hybridized carbons (Fsp3) is 0.467. The van der Waals surface area contributed by atoms with Crippen molar-refractivity contribution in [2.75, 3.05) is 0 Å². The van der Waals surface area contributed by atoms with Crippen LogP contribution in [-0.4, -0.2) is 37.8 Å². The lowest BCUT2D eigenvalue weighted by Gasteiger charge is -2.12. The molecule has 0 aliphatic rings. The van der Waals surface area contributed by atoms with Crippen LogP contribution in [0.1, 0.15) is 50.0 Å². The van der Waals surface area contributed by atoms with Crippen molar-refractivity contribution in [2.24, 2.45) is 0 Å². The lowest BCUT2D eigenvalue weighted by Crippen LogP contribution is -2.33. The van der Waals surface area contributed by atoms with Gasteiger partial charge in [-0.05, 0) is 33.3 Å². The van der Waals surface area contributed by atoms with E-state index < -0.39 is 5.97 Å². The average molecular weight is 304 g/mol. The van der Waals surface area contributed by atoms with Crippen molar-refractivity contribution >= 4 is 22.9 Å². The zero-order chi connectivity index (χ0) is 16.3. The number of hydrogen-bond donors (Lipinski definition) is 2. The second-order valence-electron chi connectivity index (χ2n) is 5.63. The second-order valence-corrected chi connectivity index (χ2v) is 5.63. The number of nitrogens with zero attached hydrogens (tertiary/aromatic N) is 3. The number of carboxylic acid groups (broad SMARTS) is 1. The van der Waals surface area contributed by atoms with E-state index in [-0.39, 0.29) is 24.4 Å². The van der Waals surface area contributed by atoms with Crippen LogP contribution >= 0.6 is 0 Å². The summed E-state index contributed by atoms with van der Waals surface area (Å²) in [4.78, 5) is 27.0. The molecule has 2 aromatic heterocycles. The van der Waals surface area contributed by atoms with E-state index in [4.69, 9.17) is 5.11 Å². The summed E-state index contributed by atoms with van der Waals surface area (Å²) in [5.41, 5.74) is 1.18. The highest BCUT2D eigenvalue weighted by Gasteiger charge is 2.14. The number of hydrogen-bond acceptors (Lipinski definition) is 4. The quantitative estimate of drug-likeness (QED) is 0.850. The normalized spacial score (nSPS) is 12.5. The Kier molecular flexibility index (Phi) is 4.75. The molecule has 0 aliphatic carbocycles. The van der Waals surface area contributed by atoms with Gasteiger partial charge in [-0.3, -0.25) is 9.59 Å². The number of carboxylic acids is 1. The van der Waals surface area contributed by atoms with Gasteiger partial charge < -0.3 is 10.4 Å². The number of nitrogens with one attached hydrogen (secondary N) is 1. The molecule has 1 amide bonds. The number of carbonyl (C=O) groups excluding carboxylic acids is 1. The van der Waals surface area contributed by atoms with Gasteiger partial charge in [0.05, 0.1) is 11.8 Å². The van der Waals surface area contributed by atoms with Gasteiger partial charge >= 0.3 is 5.97 Å². The monoisotopic (exact) mass is 304 g/mol. The molecule has 1 unspecified atom stereocenters. The maximum atomic E-state index is 12.2. The van der Waals surface area contributed by atoms with E-state index in [1.165, 1.54) is 6.20 Å². The van der Waals surface area contributed by atoms with Crippen molar-refractivity contribution < 1.29 is 14.7 Å². The second kappa shape index (κ2) is 6.55. The van der Waals surface area contributed by atoms with Crippen LogP contribution in [0.25, 0.3) is 11.0 Å². The Morgan fingerprint density at radius 2 is 2.05 bits per heavy atom. The van der Waals surface area contributed by atoms with Gasteiger partial charge in [0.15, 0.2) is 5.65 Å². The lowest BCUT2D eigenvalue weighted by atomic mass is 10.1. The first-order valence-electron chi connectivity index (χ1n) is 7.24. The van der Waals surface area contributed by atoms with Crippen LogP contribution in [0.4, 0.5) is 0 Å². The van der Waals surface area contributed by atoms with E-state index in [9.17, 15) is 9.59 Å². The Hall–Kier alpha value is -2.44. The molecule has 0 radical (unpaired) electrons. The minimum atomic E-state index is -0.870. The Morgan fingerprint density at radius 1 is 1.32 bits per heavy atom. The Morgan fingerprint density at radius 3 is 2.68 bits per heavy atom. The third-order valence-corrected chi connectivity index (χ3v) is 3.35. The van der Waals surface area contributed by atoms with Gasteiger partial charge in [-0.2, -0.15) is 5.10 Å². The van der Waals surface area contributed by atoms with Crippen molar-refractivity contribution in [3.8, 4) is 0 Å². The Labute approximate surface area is 128 Å². The van der Waals surface area contributed by atoms with Crippen LogP contribution in [0.15, 0.2) is 18.5 Å². The number of aromatic nitrogens is 3. The smallest absolute Gasteiger partial charge is 0.303 e. The largest absolute Gasteiger partial charge is 0.481 e. The molecule has 0 aliphatic heterocycles. The van der Waals surface area contributed by atoms with E-state index in [0.717, 1.165) is 11.0 Å². The van der Waals surface area contributed by atoms with Crippen molar-refractivity contribution in [3.05, 3.63) is 24.0 Å². The molecule has 0 saturated heterocycles. The third-order valence-electron chi connectivity index (χ3n) is 3.35. The van der Waals surface area contributed by atoms with E-state index in [1.807, 2.05) is 13.8 Å². The van der Waals surface area contributed by atoms with Gasteiger partial charge in [-0.15, -0.1) is 0 Å². The van der Waals surface area contributed by atoms with E-state index in [1.54, 1.807) is 23.9 Å². The number of fused-ring (bicyclic) bond motifs is 1. The standard InChI is InChI=1S/C15H20N4O3/c1-9(2)19-14-11(8-17-19)6-12(7-16-14)15(22)18-10(3)4-5-13(20)21/h6-10H,4-5H2,1-3H3,(H,18,22)(H,20,21). The summed E-state index contributed by atoms with van der Waals surface area (Å²) in [6.45, 7) is 5.81. The van der Waals surface area contributed by atoms with E-state index >= 15 is 0 Å². The highest BCUT2D eigenvalue weighted by atomic mass is 16.4. The molecule has 0 fully saturated rings. The van der Waals surface area contributed by atoms with Gasteiger partial charge in [0.1, 0.15) is 0 Å². The van der Waals surface area contributed by atoms with Gasteiger partial charge in [-0.25, -0.2) is 9.67 Å². The van der Waals surface area contributed by atoms with Crippen LogP contribution in [0, 0.1) is 0 Å². The number of pyridine rings is 1. The van der Waals surface area contributed by atoms with Gasteiger partial charge in [0.25, 0.3) is 5.91 Å². The molecule has 118 valence electrons. The Bertz CT molecular complexity index is 693. The summed E-state index contributed by atoms with van der Waals surface area (Å²) in [7, 11) is 0. The molecule has 2 N–H and O–H groups in total. The molecule has 0 saturated carbocycles. The fourth-order valence-electron chi connectivity index (χ4n) is 2.16. The summed E-state index contributed by atoms with van der Waals surface area (Å²) < 4.78 is 1.80. The zero-order valence-corrected chi connectivity index (χ0v) is 12.9. The Balaban J connectivity index is 2.10. The summed E-state index contributed by atoms with van der Waals surface area (Å²) in [5.74, 6) is -1.13. The predicted octanol–water partition coefficient (Wildman–Crippen LogP) is 2.00. The third kappa shape index (κ3) is 3.60. The number of rotatable bonds is 6. The van der Waals surface area contributed by atoms with Crippen LogP contribution < -0.4 is 5.32 Å². The molecule has 7 heteroatoms. The number of aliphatic carboxylic acids is 1. The predicted molar refractivity (Wildman–Crippen MR) is 81.7 cm³/mol. The van der Waals surface area contributed by atoms with Crippen molar-refractivity contribution in [1.29, 1.82) is 0 Å². The molecule has 1 atom stereocenters. The highest BCUT2D eigenvalue weighted by molar-refractivity contribution is 5.96. The first-order chi connectivity index (χ1) is 10.4. The molecular weight excluding hydrogens is 284 g/mol. The van der Waals surface area contributed by atoms with Crippen LogP contribution in [-0.2, 0) is 4.79 Å².